The molecule has 0 bridgehead atoms. The van der Waals surface area contributed by atoms with Crippen LogP contribution in [0.2, 0.25) is 0 Å². The molecule has 0 N–H and O–H groups in total. The number of thioether (sulfide) groups is 1. The van der Waals surface area contributed by atoms with Crippen LogP contribution in [0.1, 0.15) is 6.92 Å². The van der Waals surface area contributed by atoms with Crippen LogP contribution in [0.25, 0.3) is 5.65 Å². The molecule has 0 saturated heterocycles. The zero-order valence-electron chi connectivity index (χ0n) is 7.58. The Morgan fingerprint density at radius 3 is 3.14 bits per heavy atom. The SMILES string of the molecule is C[C@@H](C#N)Sc1nnc2ccccn12. The van der Waals surface area contributed by atoms with Crippen molar-refractivity contribution in [3.05, 3.63) is 24.4 Å². The van der Waals surface area contributed by atoms with Crippen LogP contribution >= 0.6 is 11.8 Å². The van der Waals surface area contributed by atoms with E-state index < -0.39 is 0 Å². The summed E-state index contributed by atoms with van der Waals surface area (Å²) in [5, 5.41) is 17.3. The average Bonchev–Trinajstić information content (AvgIpc) is 2.62. The van der Waals surface area contributed by atoms with Gasteiger partial charge in [0.2, 0.25) is 0 Å². The minimum atomic E-state index is -0.109. The number of hydrogen-bond acceptors (Lipinski definition) is 4. The van der Waals surface area contributed by atoms with Gasteiger partial charge in [-0.25, -0.2) is 0 Å². The van der Waals surface area contributed by atoms with E-state index in [4.69, 9.17) is 5.26 Å². The van der Waals surface area contributed by atoms with E-state index in [0.717, 1.165) is 10.8 Å². The van der Waals surface area contributed by atoms with Gasteiger partial charge in [0.05, 0.1) is 11.3 Å². The van der Waals surface area contributed by atoms with Crippen LogP contribution in [0, 0.1) is 11.3 Å². The Morgan fingerprint density at radius 1 is 1.50 bits per heavy atom. The topological polar surface area (TPSA) is 54.0 Å². The Morgan fingerprint density at radius 2 is 2.36 bits per heavy atom. The molecule has 70 valence electrons. The van der Waals surface area contributed by atoms with Crippen molar-refractivity contribution < 1.29 is 0 Å². The van der Waals surface area contributed by atoms with Crippen LogP contribution in [0.4, 0.5) is 0 Å². The van der Waals surface area contributed by atoms with E-state index in [1.807, 2.05) is 35.7 Å². The van der Waals surface area contributed by atoms with Gasteiger partial charge in [0.25, 0.3) is 0 Å². The molecule has 2 aromatic heterocycles. The largest absolute Gasteiger partial charge is 0.277 e. The maximum absolute atomic E-state index is 8.68. The van der Waals surface area contributed by atoms with Gasteiger partial charge in [-0.1, -0.05) is 17.8 Å². The lowest BCUT2D eigenvalue weighted by molar-refractivity contribution is 0.918. The molecule has 4 nitrogen and oxygen atoms in total. The van der Waals surface area contributed by atoms with Crippen molar-refractivity contribution in [2.24, 2.45) is 0 Å². The fourth-order valence-corrected chi connectivity index (χ4v) is 1.81. The maximum Gasteiger partial charge on any atom is 0.196 e. The van der Waals surface area contributed by atoms with Crippen molar-refractivity contribution in [1.82, 2.24) is 14.6 Å². The third-order valence-corrected chi connectivity index (χ3v) is 2.69. The van der Waals surface area contributed by atoms with Crippen LogP contribution in [-0.4, -0.2) is 19.8 Å². The predicted octanol–water partition coefficient (Wildman–Crippen LogP) is 1.73. The van der Waals surface area contributed by atoms with E-state index in [9.17, 15) is 0 Å². The van der Waals surface area contributed by atoms with Gasteiger partial charge >= 0.3 is 0 Å². The molecule has 0 unspecified atom stereocenters. The Labute approximate surface area is 85.6 Å². The second-order valence-corrected chi connectivity index (χ2v) is 4.11. The predicted molar refractivity (Wildman–Crippen MR) is 53.9 cm³/mol. The van der Waals surface area contributed by atoms with E-state index in [2.05, 4.69) is 16.3 Å². The zero-order chi connectivity index (χ0) is 9.97. The first-order valence-electron chi connectivity index (χ1n) is 4.17. The van der Waals surface area contributed by atoms with Crippen molar-refractivity contribution in [2.75, 3.05) is 0 Å². The number of hydrogen-bond donors (Lipinski definition) is 0. The van der Waals surface area contributed by atoms with Gasteiger partial charge in [0.15, 0.2) is 10.8 Å². The molecule has 0 radical (unpaired) electrons. The maximum atomic E-state index is 8.68. The summed E-state index contributed by atoms with van der Waals surface area (Å²) >= 11 is 1.41. The minimum absolute atomic E-state index is 0.109. The molecule has 0 spiro atoms. The van der Waals surface area contributed by atoms with Crippen molar-refractivity contribution in [1.29, 1.82) is 5.26 Å². The standard InChI is InChI=1S/C9H8N4S/c1-7(6-10)14-9-12-11-8-4-2-3-5-13(8)9/h2-5,7H,1H3/t7-/m0/s1. The third kappa shape index (κ3) is 1.56. The molecule has 0 aromatic carbocycles. The summed E-state index contributed by atoms with van der Waals surface area (Å²) in [6, 6.07) is 7.86. The molecule has 0 amide bonds. The van der Waals surface area contributed by atoms with Crippen LogP contribution in [0.3, 0.4) is 0 Å². The lowest BCUT2D eigenvalue weighted by atomic mass is 10.5. The molecular weight excluding hydrogens is 196 g/mol. The summed E-state index contributed by atoms with van der Waals surface area (Å²) in [6.45, 7) is 1.84. The van der Waals surface area contributed by atoms with Gasteiger partial charge in [-0.3, -0.25) is 4.40 Å². The van der Waals surface area contributed by atoms with Crippen LogP contribution in [0.15, 0.2) is 29.6 Å². The monoisotopic (exact) mass is 204 g/mol. The highest BCUT2D eigenvalue weighted by molar-refractivity contribution is 8.00. The van der Waals surface area contributed by atoms with E-state index >= 15 is 0 Å². The molecule has 0 aliphatic carbocycles. The van der Waals surface area contributed by atoms with Gasteiger partial charge in [-0.05, 0) is 19.1 Å². The smallest absolute Gasteiger partial charge is 0.196 e. The Balaban J connectivity index is 2.39. The van der Waals surface area contributed by atoms with E-state index in [1.54, 1.807) is 0 Å². The number of fused-ring (bicyclic) bond motifs is 1. The normalized spacial score (nSPS) is 12.6. The lowest BCUT2D eigenvalue weighted by Gasteiger charge is -1.99. The Hall–Kier alpha value is -1.54. The molecule has 14 heavy (non-hydrogen) atoms. The Kier molecular flexibility index (Phi) is 2.37. The highest BCUT2D eigenvalue weighted by Crippen LogP contribution is 2.20. The molecule has 5 heteroatoms. The quantitative estimate of drug-likeness (QED) is 0.699. The summed E-state index contributed by atoms with van der Waals surface area (Å²) in [4.78, 5) is 0. The molecular formula is C9H8N4S. The Bertz CT molecular complexity index is 485. The van der Waals surface area contributed by atoms with Crippen molar-refractivity contribution in [2.45, 2.75) is 17.3 Å². The summed E-state index contributed by atoms with van der Waals surface area (Å²) in [7, 11) is 0. The summed E-state index contributed by atoms with van der Waals surface area (Å²) in [5.41, 5.74) is 0.806. The lowest BCUT2D eigenvalue weighted by Crippen LogP contribution is -1.93. The van der Waals surface area contributed by atoms with Gasteiger partial charge < -0.3 is 0 Å². The molecule has 2 heterocycles. The van der Waals surface area contributed by atoms with Crippen LogP contribution in [0.5, 0.6) is 0 Å². The highest BCUT2D eigenvalue weighted by Gasteiger charge is 2.08. The molecule has 0 saturated carbocycles. The molecule has 2 rings (SSSR count). The summed E-state index contributed by atoms with van der Waals surface area (Å²) < 4.78 is 1.87. The van der Waals surface area contributed by atoms with E-state index in [0.29, 0.717) is 0 Å². The number of pyridine rings is 1. The number of rotatable bonds is 2. The molecule has 2 aromatic rings. The molecule has 0 aliphatic heterocycles. The fourth-order valence-electron chi connectivity index (χ4n) is 1.08. The van der Waals surface area contributed by atoms with Crippen LogP contribution in [-0.2, 0) is 0 Å². The minimum Gasteiger partial charge on any atom is -0.277 e. The van der Waals surface area contributed by atoms with E-state index in [1.165, 1.54) is 11.8 Å². The van der Waals surface area contributed by atoms with Gasteiger partial charge in [0.1, 0.15) is 0 Å². The van der Waals surface area contributed by atoms with Gasteiger partial charge in [-0.15, -0.1) is 10.2 Å². The van der Waals surface area contributed by atoms with Crippen LogP contribution < -0.4 is 0 Å². The van der Waals surface area contributed by atoms with E-state index in [-0.39, 0.29) is 5.25 Å². The summed E-state index contributed by atoms with van der Waals surface area (Å²) in [6.07, 6.45) is 1.89. The number of aromatic nitrogens is 3. The third-order valence-electron chi connectivity index (χ3n) is 1.75. The first-order chi connectivity index (χ1) is 6.81. The highest BCUT2D eigenvalue weighted by atomic mass is 32.2. The second kappa shape index (κ2) is 3.68. The van der Waals surface area contributed by atoms with Crippen molar-refractivity contribution >= 4 is 17.4 Å². The van der Waals surface area contributed by atoms with Crippen molar-refractivity contribution in [3.63, 3.8) is 0 Å². The van der Waals surface area contributed by atoms with Gasteiger partial charge in [0, 0.05) is 6.20 Å². The first-order valence-corrected chi connectivity index (χ1v) is 5.05. The van der Waals surface area contributed by atoms with Gasteiger partial charge in [-0.2, -0.15) is 5.26 Å². The number of nitrogens with zero attached hydrogens (tertiary/aromatic N) is 4. The zero-order valence-corrected chi connectivity index (χ0v) is 8.40. The molecule has 0 aliphatic rings. The fraction of sp³-hybridized carbons (Fsp3) is 0.222. The number of nitriles is 1. The first kappa shape index (κ1) is 9.03. The second-order valence-electron chi connectivity index (χ2n) is 2.80. The molecule has 1 atom stereocenters. The van der Waals surface area contributed by atoms with Crippen molar-refractivity contribution in [3.8, 4) is 6.07 Å². The summed E-state index contributed by atoms with van der Waals surface area (Å²) in [5.74, 6) is 0. The average molecular weight is 204 g/mol. The molecule has 0 fully saturated rings.